The van der Waals surface area contributed by atoms with Crippen molar-refractivity contribution in [1.29, 1.82) is 0 Å². The van der Waals surface area contributed by atoms with Crippen molar-refractivity contribution < 1.29 is 27.8 Å². The molecule has 0 spiro atoms. The Balaban J connectivity index is 0.000000210. The van der Waals surface area contributed by atoms with Crippen LogP contribution in [-0.4, -0.2) is 57.6 Å². The van der Waals surface area contributed by atoms with Crippen molar-refractivity contribution in [3.05, 3.63) is 158 Å². The van der Waals surface area contributed by atoms with Gasteiger partial charge in [-0.15, -0.1) is 0 Å². The van der Waals surface area contributed by atoms with Gasteiger partial charge in [-0.2, -0.15) is 0 Å². The number of nitrogens with zero attached hydrogens (tertiary/aromatic N) is 2. The maximum Gasteiger partial charge on any atom is 0.224 e. The third-order valence-electron chi connectivity index (χ3n) is 11.7. The number of benzene rings is 4. The molecule has 0 saturated carbocycles. The second kappa shape index (κ2) is 22.1. The van der Waals surface area contributed by atoms with E-state index in [0.29, 0.717) is 30.0 Å². The number of fused-ring (bicyclic) bond motifs is 2. The highest BCUT2D eigenvalue weighted by Gasteiger charge is 2.26. The first-order valence-electron chi connectivity index (χ1n) is 21.3. The number of nitrogens with one attached hydrogen (secondary N) is 3. The SMILES string of the molecule is CCc1ccc2c(c1)[C@@H](NC[C@@H](O)[C@@H](N)Cc1cc(F)cc(F)c1)CCC2.CCc1ccc2c(c1)[C@@H](NC[C@@H](O)[C@H](Cc1cc(F)cc(F)c1)Nc1ccnc(Cl)n1)CCC2. The van der Waals surface area contributed by atoms with Gasteiger partial charge >= 0.3 is 0 Å². The number of aliphatic hydroxyl groups excluding tert-OH is 2. The molecule has 6 atom stereocenters. The van der Waals surface area contributed by atoms with Crippen LogP contribution in [0.2, 0.25) is 5.28 Å². The summed E-state index contributed by atoms with van der Waals surface area (Å²) in [7, 11) is 0. The van der Waals surface area contributed by atoms with Gasteiger partial charge in [0.2, 0.25) is 5.28 Å². The molecule has 7 rings (SSSR count). The molecule has 326 valence electrons. The molecular formula is C48H57ClF4N6O2. The summed E-state index contributed by atoms with van der Waals surface area (Å²) in [4.78, 5) is 8.01. The van der Waals surface area contributed by atoms with Crippen LogP contribution in [0.4, 0.5) is 23.4 Å². The highest BCUT2D eigenvalue weighted by atomic mass is 35.5. The zero-order valence-corrected chi connectivity index (χ0v) is 35.5. The number of aromatic nitrogens is 2. The van der Waals surface area contributed by atoms with E-state index >= 15 is 0 Å². The van der Waals surface area contributed by atoms with E-state index in [2.05, 4.69) is 76.2 Å². The van der Waals surface area contributed by atoms with Gasteiger partial charge in [-0.25, -0.2) is 27.5 Å². The third-order valence-corrected chi connectivity index (χ3v) is 11.9. The topological polar surface area (TPSA) is 128 Å². The van der Waals surface area contributed by atoms with Crippen molar-refractivity contribution in [2.75, 3.05) is 18.4 Å². The van der Waals surface area contributed by atoms with Gasteiger partial charge < -0.3 is 31.9 Å². The number of rotatable bonds is 16. The van der Waals surface area contributed by atoms with Crippen molar-refractivity contribution in [2.24, 2.45) is 5.73 Å². The maximum absolute atomic E-state index is 13.8. The molecule has 0 saturated heterocycles. The van der Waals surface area contributed by atoms with E-state index in [1.165, 1.54) is 63.8 Å². The minimum Gasteiger partial charge on any atom is -0.390 e. The first kappa shape index (κ1) is 46.1. The van der Waals surface area contributed by atoms with Crippen LogP contribution in [0, 0.1) is 23.3 Å². The molecule has 0 radical (unpaired) electrons. The fraction of sp³-hybridized carbons (Fsp3) is 0.417. The Labute approximate surface area is 361 Å². The highest BCUT2D eigenvalue weighted by Crippen LogP contribution is 2.32. The summed E-state index contributed by atoms with van der Waals surface area (Å²) >= 11 is 5.91. The van der Waals surface area contributed by atoms with E-state index in [1.807, 2.05) is 0 Å². The Bertz CT molecular complexity index is 2170. The summed E-state index contributed by atoms with van der Waals surface area (Å²) in [6.07, 6.45) is 8.59. The average molecular weight is 861 g/mol. The van der Waals surface area contributed by atoms with Gasteiger partial charge in [-0.3, -0.25) is 0 Å². The zero-order chi connectivity index (χ0) is 43.5. The van der Waals surface area contributed by atoms with Crippen LogP contribution in [0.25, 0.3) is 0 Å². The third kappa shape index (κ3) is 13.3. The largest absolute Gasteiger partial charge is 0.390 e. The zero-order valence-electron chi connectivity index (χ0n) is 34.8. The van der Waals surface area contributed by atoms with E-state index in [1.54, 1.807) is 6.07 Å². The molecule has 8 nitrogen and oxygen atoms in total. The molecule has 1 aromatic heterocycles. The summed E-state index contributed by atoms with van der Waals surface area (Å²) in [6, 6.07) is 20.8. The molecule has 0 aliphatic heterocycles. The number of aliphatic hydroxyl groups is 2. The van der Waals surface area contributed by atoms with Gasteiger partial charge in [0.15, 0.2) is 0 Å². The van der Waals surface area contributed by atoms with Crippen molar-refractivity contribution >= 4 is 17.4 Å². The lowest BCUT2D eigenvalue weighted by atomic mass is 9.86. The summed E-state index contributed by atoms with van der Waals surface area (Å²) in [6.45, 7) is 4.93. The number of aryl methyl sites for hydroxylation is 4. The van der Waals surface area contributed by atoms with Crippen LogP contribution in [0.3, 0.4) is 0 Å². The van der Waals surface area contributed by atoms with Crippen LogP contribution >= 0.6 is 11.6 Å². The Morgan fingerprint density at radius 2 is 1.16 bits per heavy atom. The number of anilines is 1. The van der Waals surface area contributed by atoms with E-state index in [4.69, 9.17) is 17.3 Å². The average Bonchev–Trinajstić information content (AvgIpc) is 3.23. The predicted octanol–water partition coefficient (Wildman–Crippen LogP) is 8.45. The molecular weight excluding hydrogens is 804 g/mol. The molecule has 0 fully saturated rings. The standard InChI is InChI=1S/C26H29ClF2N4O.C22H28F2N2O/c1-2-16-6-7-18-4-3-5-22(21(18)12-16)31-15-24(34)23(32-25-8-9-30-26(27)33-25)13-17-10-19(28)14-20(29)11-17;1-2-14-6-7-16-4-3-5-21(19(16)10-14)26-13-22(27)20(25)11-15-8-17(23)12-18(24)9-15/h6-12,14,22-24,31,34H,2-5,13,15H2,1H3,(H,30,32,33);6-10,12,20-22,26-27H,2-5,11,13,25H2,1H3/t22-,23-,24+;20-,21-,22+/m00/s1. The lowest BCUT2D eigenvalue weighted by Crippen LogP contribution is -2.44. The molecule has 0 unspecified atom stereocenters. The molecule has 0 amide bonds. The number of hydrogen-bond acceptors (Lipinski definition) is 8. The minimum atomic E-state index is -0.861. The molecule has 7 N–H and O–H groups in total. The summed E-state index contributed by atoms with van der Waals surface area (Å²) < 4.78 is 54.2. The van der Waals surface area contributed by atoms with Crippen molar-refractivity contribution in [2.45, 2.75) is 114 Å². The first-order chi connectivity index (χ1) is 29.4. The summed E-state index contributed by atoms with van der Waals surface area (Å²) in [5.74, 6) is -2.14. The van der Waals surface area contributed by atoms with E-state index < -0.39 is 47.6 Å². The molecule has 2 aliphatic rings. The highest BCUT2D eigenvalue weighted by molar-refractivity contribution is 6.28. The number of hydrogen-bond donors (Lipinski definition) is 6. The molecule has 5 aromatic rings. The normalized spacial score (nSPS) is 17.9. The van der Waals surface area contributed by atoms with Gasteiger partial charge in [0, 0.05) is 49.5 Å². The number of nitrogens with two attached hydrogens (primary N) is 1. The summed E-state index contributed by atoms with van der Waals surface area (Å²) in [5, 5.41) is 31.7. The van der Waals surface area contributed by atoms with E-state index in [-0.39, 0.29) is 30.2 Å². The van der Waals surface area contributed by atoms with Crippen molar-refractivity contribution in [1.82, 2.24) is 20.6 Å². The molecule has 2 aliphatic carbocycles. The van der Waals surface area contributed by atoms with Crippen LogP contribution in [0.15, 0.2) is 85.1 Å². The second-order valence-electron chi connectivity index (χ2n) is 16.2. The molecule has 4 aromatic carbocycles. The molecule has 13 heteroatoms. The molecule has 61 heavy (non-hydrogen) atoms. The summed E-state index contributed by atoms with van der Waals surface area (Å²) in [5.41, 5.74) is 14.9. The fourth-order valence-electron chi connectivity index (χ4n) is 8.39. The van der Waals surface area contributed by atoms with E-state index in [9.17, 15) is 27.8 Å². The Kier molecular flexibility index (Phi) is 16.7. The monoisotopic (exact) mass is 860 g/mol. The molecule has 1 heterocycles. The van der Waals surface area contributed by atoms with Gasteiger partial charge in [0.1, 0.15) is 29.1 Å². The fourth-order valence-corrected chi connectivity index (χ4v) is 8.54. The maximum atomic E-state index is 13.8. The number of halogens is 5. The van der Waals surface area contributed by atoms with Gasteiger partial charge in [0.05, 0.1) is 18.2 Å². The van der Waals surface area contributed by atoms with Gasteiger partial charge in [0.25, 0.3) is 0 Å². The van der Waals surface area contributed by atoms with Crippen LogP contribution in [0.1, 0.15) is 96.1 Å². The smallest absolute Gasteiger partial charge is 0.224 e. The lowest BCUT2D eigenvalue weighted by molar-refractivity contribution is 0.136. The van der Waals surface area contributed by atoms with Gasteiger partial charge in [-0.05, 0) is 151 Å². The Morgan fingerprint density at radius 3 is 1.66 bits per heavy atom. The van der Waals surface area contributed by atoms with Gasteiger partial charge in [-0.1, -0.05) is 50.2 Å². The van der Waals surface area contributed by atoms with Crippen LogP contribution in [-0.2, 0) is 38.5 Å². The quantitative estimate of drug-likeness (QED) is 0.0431. The Morgan fingerprint density at radius 1 is 0.672 bits per heavy atom. The Hall–Kier alpha value is -4.43. The van der Waals surface area contributed by atoms with Crippen LogP contribution in [0.5, 0.6) is 0 Å². The van der Waals surface area contributed by atoms with Crippen LogP contribution < -0.4 is 21.7 Å². The predicted molar refractivity (Wildman–Crippen MR) is 234 cm³/mol. The lowest BCUT2D eigenvalue weighted by Gasteiger charge is -2.30. The van der Waals surface area contributed by atoms with E-state index in [0.717, 1.165) is 63.5 Å². The molecule has 0 bridgehead atoms. The van der Waals surface area contributed by atoms with Crippen molar-refractivity contribution in [3.8, 4) is 0 Å². The first-order valence-corrected chi connectivity index (χ1v) is 21.7. The minimum absolute atomic E-state index is 0.0682. The van der Waals surface area contributed by atoms with Crippen molar-refractivity contribution in [3.63, 3.8) is 0 Å². The second-order valence-corrected chi connectivity index (χ2v) is 16.5.